The van der Waals surface area contributed by atoms with Crippen molar-refractivity contribution in [3.05, 3.63) is 35.6 Å². The summed E-state index contributed by atoms with van der Waals surface area (Å²) in [6.07, 6.45) is 0.670. The Morgan fingerprint density at radius 1 is 1.36 bits per heavy atom. The van der Waals surface area contributed by atoms with Crippen molar-refractivity contribution in [3.8, 4) is 0 Å². The van der Waals surface area contributed by atoms with E-state index in [4.69, 9.17) is 5.73 Å². The first-order valence-electron chi connectivity index (χ1n) is 3.36. The van der Waals surface area contributed by atoms with Gasteiger partial charge in [-0.15, -0.1) is 0 Å². The number of nitrogens with two attached hydrogens (primary N) is 1. The van der Waals surface area contributed by atoms with Gasteiger partial charge >= 0.3 is 0 Å². The quantitative estimate of drug-likeness (QED) is 0.513. The summed E-state index contributed by atoms with van der Waals surface area (Å²) in [4.78, 5) is 0. The lowest BCUT2D eigenvalue weighted by Crippen LogP contribution is -2.14. The smallest absolute Gasteiger partial charge is 0.123 e. The van der Waals surface area contributed by atoms with Crippen molar-refractivity contribution in [1.29, 1.82) is 0 Å². The van der Waals surface area contributed by atoms with E-state index in [-0.39, 0.29) is 11.2 Å². The van der Waals surface area contributed by atoms with E-state index in [9.17, 15) is 4.39 Å². The Labute approximate surface area is 70.8 Å². The van der Waals surface area contributed by atoms with Crippen molar-refractivity contribution < 1.29 is 4.39 Å². The highest BCUT2D eigenvalue weighted by atomic mass is 32.1. The minimum absolute atomic E-state index is 0.166. The molecule has 1 atom stereocenters. The average molecular weight is 171 g/mol. The van der Waals surface area contributed by atoms with Crippen LogP contribution in [0.1, 0.15) is 5.56 Å². The molecule has 1 rings (SSSR count). The van der Waals surface area contributed by atoms with Gasteiger partial charge in [-0.25, -0.2) is 4.39 Å². The zero-order chi connectivity index (χ0) is 8.27. The maximum Gasteiger partial charge on any atom is 0.123 e. The molecule has 0 radical (unpaired) electrons. The van der Waals surface area contributed by atoms with E-state index in [1.807, 2.05) is 0 Å². The van der Waals surface area contributed by atoms with Gasteiger partial charge in [0.15, 0.2) is 0 Å². The second-order valence-corrected chi connectivity index (χ2v) is 3.06. The van der Waals surface area contributed by atoms with Crippen LogP contribution in [0.25, 0.3) is 0 Å². The summed E-state index contributed by atoms with van der Waals surface area (Å²) in [6, 6.07) is 6.27. The molecule has 1 aromatic carbocycles. The van der Waals surface area contributed by atoms with Gasteiger partial charge in [0.25, 0.3) is 0 Å². The van der Waals surface area contributed by atoms with Crippen molar-refractivity contribution in [2.45, 2.75) is 11.8 Å². The normalized spacial score (nSPS) is 13.0. The van der Waals surface area contributed by atoms with Crippen LogP contribution in [-0.4, -0.2) is 5.37 Å². The molecule has 11 heavy (non-hydrogen) atoms. The van der Waals surface area contributed by atoms with Crippen LogP contribution in [0.2, 0.25) is 0 Å². The number of hydrogen-bond donors (Lipinski definition) is 2. The van der Waals surface area contributed by atoms with Gasteiger partial charge in [0.05, 0.1) is 5.37 Å². The monoisotopic (exact) mass is 171 g/mol. The number of benzene rings is 1. The molecule has 0 fully saturated rings. The Morgan fingerprint density at radius 2 is 1.91 bits per heavy atom. The van der Waals surface area contributed by atoms with Gasteiger partial charge in [0, 0.05) is 0 Å². The third kappa shape index (κ3) is 2.91. The molecule has 0 aromatic heterocycles. The maximum atomic E-state index is 12.4. The fraction of sp³-hybridized carbons (Fsp3) is 0.250. The molecular formula is C8H10FNS. The van der Waals surface area contributed by atoms with Crippen molar-refractivity contribution in [3.63, 3.8) is 0 Å². The molecule has 0 amide bonds. The van der Waals surface area contributed by atoms with Crippen LogP contribution in [0, 0.1) is 5.82 Å². The summed E-state index contributed by atoms with van der Waals surface area (Å²) < 4.78 is 12.4. The Balaban J connectivity index is 2.66. The molecule has 0 saturated carbocycles. The van der Waals surface area contributed by atoms with Gasteiger partial charge < -0.3 is 5.73 Å². The first kappa shape index (κ1) is 8.56. The predicted molar refractivity (Wildman–Crippen MR) is 47.1 cm³/mol. The van der Waals surface area contributed by atoms with E-state index in [1.165, 1.54) is 12.1 Å². The molecule has 0 heterocycles. The number of rotatable bonds is 2. The minimum Gasteiger partial charge on any atom is -0.319 e. The van der Waals surface area contributed by atoms with Crippen molar-refractivity contribution in [2.75, 3.05) is 0 Å². The molecule has 0 saturated heterocycles. The second kappa shape index (κ2) is 3.74. The van der Waals surface area contributed by atoms with E-state index in [0.717, 1.165) is 5.56 Å². The van der Waals surface area contributed by atoms with Crippen molar-refractivity contribution in [2.24, 2.45) is 5.73 Å². The molecular weight excluding hydrogens is 161 g/mol. The standard InChI is InChI=1S/C8H10FNS/c9-7-3-1-6(2-4-7)5-8(10)11/h1-4,8,11H,5,10H2. The Kier molecular flexibility index (Phi) is 2.91. The van der Waals surface area contributed by atoms with Crippen LogP contribution in [-0.2, 0) is 6.42 Å². The maximum absolute atomic E-state index is 12.4. The molecule has 0 aliphatic heterocycles. The molecule has 1 nitrogen and oxygen atoms in total. The van der Waals surface area contributed by atoms with Crippen LogP contribution in [0.5, 0.6) is 0 Å². The summed E-state index contributed by atoms with van der Waals surface area (Å²) in [7, 11) is 0. The summed E-state index contributed by atoms with van der Waals surface area (Å²) in [5.41, 5.74) is 6.44. The zero-order valence-electron chi connectivity index (χ0n) is 6.00. The molecule has 60 valence electrons. The third-order valence-electron chi connectivity index (χ3n) is 1.36. The van der Waals surface area contributed by atoms with Crippen LogP contribution in [0.4, 0.5) is 4.39 Å². The second-order valence-electron chi connectivity index (χ2n) is 2.40. The lowest BCUT2D eigenvalue weighted by molar-refractivity contribution is 0.627. The summed E-state index contributed by atoms with van der Waals surface area (Å²) in [6.45, 7) is 0. The molecule has 2 N–H and O–H groups in total. The van der Waals surface area contributed by atoms with E-state index in [0.29, 0.717) is 6.42 Å². The molecule has 1 unspecified atom stereocenters. The molecule has 0 spiro atoms. The van der Waals surface area contributed by atoms with E-state index >= 15 is 0 Å². The van der Waals surface area contributed by atoms with Gasteiger partial charge in [0.1, 0.15) is 5.82 Å². The highest BCUT2D eigenvalue weighted by molar-refractivity contribution is 7.80. The van der Waals surface area contributed by atoms with Crippen LogP contribution in [0.15, 0.2) is 24.3 Å². The first-order valence-corrected chi connectivity index (χ1v) is 3.88. The summed E-state index contributed by atoms with van der Waals surface area (Å²) in [5, 5.41) is -0.166. The molecule has 3 heteroatoms. The van der Waals surface area contributed by atoms with Gasteiger partial charge in [-0.05, 0) is 24.1 Å². The van der Waals surface area contributed by atoms with Gasteiger partial charge in [-0.2, -0.15) is 12.6 Å². The summed E-state index contributed by atoms with van der Waals surface area (Å²) in [5.74, 6) is -0.221. The van der Waals surface area contributed by atoms with Gasteiger partial charge in [-0.3, -0.25) is 0 Å². The van der Waals surface area contributed by atoms with Gasteiger partial charge in [0.2, 0.25) is 0 Å². The fourth-order valence-electron chi connectivity index (χ4n) is 0.862. The Hall–Kier alpha value is -0.540. The largest absolute Gasteiger partial charge is 0.319 e. The minimum atomic E-state index is -0.221. The molecule has 0 aliphatic carbocycles. The summed E-state index contributed by atoms with van der Waals surface area (Å²) >= 11 is 4.02. The van der Waals surface area contributed by atoms with Crippen molar-refractivity contribution in [1.82, 2.24) is 0 Å². The average Bonchev–Trinajstić information content (AvgIpc) is 1.93. The van der Waals surface area contributed by atoms with Crippen LogP contribution >= 0.6 is 12.6 Å². The molecule has 1 aromatic rings. The Morgan fingerprint density at radius 3 is 2.36 bits per heavy atom. The highest BCUT2D eigenvalue weighted by Gasteiger charge is 1.97. The van der Waals surface area contributed by atoms with E-state index < -0.39 is 0 Å². The highest BCUT2D eigenvalue weighted by Crippen LogP contribution is 2.05. The molecule has 0 aliphatic rings. The van der Waals surface area contributed by atoms with Crippen molar-refractivity contribution >= 4 is 12.6 Å². The third-order valence-corrected chi connectivity index (χ3v) is 1.54. The fourth-order valence-corrected chi connectivity index (χ4v) is 1.07. The Bertz CT molecular complexity index is 220. The van der Waals surface area contributed by atoms with E-state index in [2.05, 4.69) is 12.6 Å². The zero-order valence-corrected chi connectivity index (χ0v) is 6.89. The number of thiol groups is 1. The SMILES string of the molecule is NC(S)Cc1ccc(F)cc1. The van der Waals surface area contributed by atoms with Crippen LogP contribution in [0.3, 0.4) is 0 Å². The van der Waals surface area contributed by atoms with E-state index in [1.54, 1.807) is 12.1 Å². The predicted octanol–water partition coefficient (Wildman–Crippen LogP) is 1.58. The topological polar surface area (TPSA) is 26.0 Å². The lowest BCUT2D eigenvalue weighted by atomic mass is 10.1. The lowest BCUT2D eigenvalue weighted by Gasteiger charge is -2.02. The first-order chi connectivity index (χ1) is 5.18. The van der Waals surface area contributed by atoms with Crippen LogP contribution < -0.4 is 5.73 Å². The molecule has 0 bridgehead atoms. The number of hydrogen-bond acceptors (Lipinski definition) is 2. The van der Waals surface area contributed by atoms with Gasteiger partial charge in [-0.1, -0.05) is 12.1 Å². The number of halogens is 1.